The third-order valence-electron chi connectivity index (χ3n) is 5.28. The second-order valence-electron chi connectivity index (χ2n) is 6.75. The summed E-state index contributed by atoms with van der Waals surface area (Å²) in [6.45, 7) is 5.47. The lowest BCUT2D eigenvalue weighted by molar-refractivity contribution is -0.137. The molecule has 20 heavy (non-hydrogen) atoms. The van der Waals surface area contributed by atoms with E-state index in [9.17, 15) is 4.79 Å². The molecule has 0 radical (unpaired) electrons. The highest BCUT2D eigenvalue weighted by molar-refractivity contribution is 5.83. The largest absolute Gasteiger partial charge is 0.384 e. The lowest BCUT2D eigenvalue weighted by Crippen LogP contribution is -2.52. The minimum atomic E-state index is -0.308. The van der Waals surface area contributed by atoms with Crippen molar-refractivity contribution in [3.8, 4) is 0 Å². The van der Waals surface area contributed by atoms with E-state index in [0.29, 0.717) is 12.0 Å². The molecule has 1 aliphatic carbocycles. The molecule has 0 aromatic heterocycles. The van der Waals surface area contributed by atoms with Crippen LogP contribution >= 0.6 is 0 Å². The molecule has 116 valence electrons. The first kappa shape index (κ1) is 15.8. The fourth-order valence-corrected chi connectivity index (χ4v) is 3.80. The Morgan fingerprint density at radius 2 is 1.95 bits per heavy atom. The highest BCUT2D eigenvalue weighted by Gasteiger charge is 2.42. The maximum atomic E-state index is 12.7. The van der Waals surface area contributed by atoms with Crippen LogP contribution in [-0.2, 0) is 9.53 Å². The lowest BCUT2D eigenvalue weighted by atomic mass is 9.66. The van der Waals surface area contributed by atoms with Crippen LogP contribution in [0.4, 0.5) is 0 Å². The normalized spacial score (nSPS) is 23.9. The maximum absolute atomic E-state index is 12.7. The quantitative estimate of drug-likeness (QED) is 0.752. The molecule has 1 saturated carbocycles. The van der Waals surface area contributed by atoms with Gasteiger partial charge in [-0.1, -0.05) is 19.8 Å². The average molecular weight is 282 g/mol. The number of carbonyl (C=O) groups excluding carboxylic acids is 1. The summed E-state index contributed by atoms with van der Waals surface area (Å²) < 4.78 is 5.34. The van der Waals surface area contributed by atoms with Crippen molar-refractivity contribution in [2.45, 2.75) is 51.9 Å². The molecule has 0 unspecified atom stereocenters. The van der Waals surface area contributed by atoms with Gasteiger partial charge in [0.2, 0.25) is 5.91 Å². The van der Waals surface area contributed by atoms with Gasteiger partial charge in [-0.15, -0.1) is 0 Å². The number of ether oxygens (including phenoxy) is 1. The number of hydrogen-bond donors (Lipinski definition) is 2. The van der Waals surface area contributed by atoms with E-state index < -0.39 is 0 Å². The molecular weight excluding hydrogens is 252 g/mol. The van der Waals surface area contributed by atoms with Gasteiger partial charge < -0.3 is 15.4 Å². The van der Waals surface area contributed by atoms with Crippen LogP contribution in [0.3, 0.4) is 0 Å². The van der Waals surface area contributed by atoms with E-state index in [1.54, 1.807) is 7.11 Å². The summed E-state index contributed by atoms with van der Waals surface area (Å²) in [5.74, 6) is 0.211. The van der Waals surface area contributed by atoms with E-state index in [2.05, 4.69) is 17.6 Å². The summed E-state index contributed by atoms with van der Waals surface area (Å²) in [6.07, 6.45) is 8.10. The summed E-state index contributed by atoms with van der Waals surface area (Å²) in [5.41, 5.74) is 0.0861. The van der Waals surface area contributed by atoms with Gasteiger partial charge in [0.05, 0.1) is 12.0 Å². The summed E-state index contributed by atoms with van der Waals surface area (Å²) in [5, 5.41) is 6.59. The minimum absolute atomic E-state index is 0.211. The molecule has 1 aliphatic heterocycles. The fraction of sp³-hybridized carbons (Fsp3) is 0.938. The molecule has 0 atom stereocenters. The molecule has 2 fully saturated rings. The van der Waals surface area contributed by atoms with Crippen molar-refractivity contribution >= 4 is 5.91 Å². The number of hydrogen-bond acceptors (Lipinski definition) is 3. The first-order chi connectivity index (χ1) is 9.66. The zero-order valence-corrected chi connectivity index (χ0v) is 13.1. The Hall–Kier alpha value is -0.610. The molecule has 4 nitrogen and oxygen atoms in total. The van der Waals surface area contributed by atoms with Crippen LogP contribution in [0.5, 0.6) is 0 Å². The molecule has 2 rings (SSSR count). The van der Waals surface area contributed by atoms with Gasteiger partial charge in [0.15, 0.2) is 0 Å². The Balaban J connectivity index is 1.91. The van der Waals surface area contributed by atoms with Crippen LogP contribution in [0.1, 0.15) is 51.9 Å². The monoisotopic (exact) mass is 282 g/mol. The van der Waals surface area contributed by atoms with E-state index in [0.717, 1.165) is 32.5 Å². The van der Waals surface area contributed by atoms with E-state index in [1.165, 1.54) is 32.1 Å². The molecule has 2 aliphatic rings. The number of carbonyl (C=O) groups is 1. The third kappa shape index (κ3) is 3.34. The zero-order chi connectivity index (χ0) is 14.5. The predicted molar refractivity (Wildman–Crippen MR) is 80.6 cm³/mol. The number of methoxy groups -OCH3 is 1. The van der Waals surface area contributed by atoms with Crippen LogP contribution in [0.25, 0.3) is 0 Å². The van der Waals surface area contributed by atoms with Gasteiger partial charge >= 0.3 is 0 Å². The molecule has 0 spiro atoms. The van der Waals surface area contributed by atoms with Gasteiger partial charge in [0, 0.05) is 13.7 Å². The van der Waals surface area contributed by atoms with E-state index in [4.69, 9.17) is 4.74 Å². The molecule has 0 aromatic rings. The van der Waals surface area contributed by atoms with Crippen LogP contribution in [0.15, 0.2) is 0 Å². The summed E-state index contributed by atoms with van der Waals surface area (Å²) in [6, 6.07) is 0. The molecule has 4 heteroatoms. The third-order valence-corrected chi connectivity index (χ3v) is 5.28. The molecule has 1 heterocycles. The van der Waals surface area contributed by atoms with Crippen LogP contribution in [-0.4, -0.2) is 39.3 Å². The van der Waals surface area contributed by atoms with Crippen LogP contribution in [0, 0.1) is 10.8 Å². The SMILES string of the molecule is CCCC1(CNC(=O)C2(COC)CCNCC2)CCC1. The first-order valence-electron chi connectivity index (χ1n) is 8.14. The smallest absolute Gasteiger partial charge is 0.228 e. The number of amides is 1. The Kier molecular flexibility index (Phi) is 5.44. The second kappa shape index (κ2) is 6.90. The van der Waals surface area contributed by atoms with Gasteiger partial charge in [0.1, 0.15) is 0 Å². The maximum Gasteiger partial charge on any atom is 0.228 e. The topological polar surface area (TPSA) is 50.4 Å². The van der Waals surface area contributed by atoms with Gasteiger partial charge in [0.25, 0.3) is 0 Å². The van der Waals surface area contributed by atoms with Gasteiger partial charge in [-0.3, -0.25) is 4.79 Å². The Morgan fingerprint density at radius 3 is 2.45 bits per heavy atom. The van der Waals surface area contributed by atoms with E-state index in [1.807, 2.05) is 0 Å². The van der Waals surface area contributed by atoms with Gasteiger partial charge in [-0.25, -0.2) is 0 Å². The minimum Gasteiger partial charge on any atom is -0.384 e. The molecule has 1 amide bonds. The predicted octanol–water partition coefficient (Wildman–Crippen LogP) is 2.09. The Labute approximate surface area is 123 Å². The average Bonchev–Trinajstić information content (AvgIpc) is 2.42. The van der Waals surface area contributed by atoms with E-state index >= 15 is 0 Å². The van der Waals surface area contributed by atoms with Crippen molar-refractivity contribution in [3.05, 3.63) is 0 Å². The lowest BCUT2D eigenvalue weighted by Gasteiger charge is -2.43. The van der Waals surface area contributed by atoms with Crippen molar-refractivity contribution in [1.29, 1.82) is 0 Å². The summed E-state index contributed by atoms with van der Waals surface area (Å²) >= 11 is 0. The number of nitrogens with one attached hydrogen (secondary N) is 2. The fourth-order valence-electron chi connectivity index (χ4n) is 3.80. The van der Waals surface area contributed by atoms with E-state index in [-0.39, 0.29) is 11.3 Å². The molecule has 2 N–H and O–H groups in total. The highest BCUT2D eigenvalue weighted by atomic mass is 16.5. The van der Waals surface area contributed by atoms with Crippen molar-refractivity contribution in [2.75, 3.05) is 33.4 Å². The van der Waals surface area contributed by atoms with Crippen LogP contribution < -0.4 is 10.6 Å². The zero-order valence-electron chi connectivity index (χ0n) is 13.1. The highest BCUT2D eigenvalue weighted by Crippen LogP contribution is 2.44. The Morgan fingerprint density at radius 1 is 1.25 bits per heavy atom. The molecule has 1 saturated heterocycles. The second-order valence-corrected chi connectivity index (χ2v) is 6.75. The van der Waals surface area contributed by atoms with Gasteiger partial charge in [-0.2, -0.15) is 0 Å². The Bertz CT molecular complexity index is 315. The molecule has 0 bridgehead atoms. The van der Waals surface area contributed by atoms with Gasteiger partial charge in [-0.05, 0) is 50.6 Å². The number of rotatable bonds is 7. The standard InChI is InChI=1S/C16H30N2O2/c1-3-5-15(6-4-7-15)12-18-14(19)16(13-20-2)8-10-17-11-9-16/h17H,3-13H2,1-2H3,(H,18,19). The summed E-state index contributed by atoms with van der Waals surface area (Å²) in [4.78, 5) is 12.7. The van der Waals surface area contributed by atoms with Crippen molar-refractivity contribution in [3.63, 3.8) is 0 Å². The summed E-state index contributed by atoms with van der Waals surface area (Å²) in [7, 11) is 1.70. The molecule has 0 aromatic carbocycles. The van der Waals surface area contributed by atoms with Crippen molar-refractivity contribution in [2.24, 2.45) is 10.8 Å². The van der Waals surface area contributed by atoms with Crippen molar-refractivity contribution < 1.29 is 9.53 Å². The van der Waals surface area contributed by atoms with Crippen molar-refractivity contribution in [1.82, 2.24) is 10.6 Å². The number of piperidine rings is 1. The van der Waals surface area contributed by atoms with Crippen LogP contribution in [0.2, 0.25) is 0 Å². The first-order valence-corrected chi connectivity index (χ1v) is 8.14. The molecular formula is C16H30N2O2.